The average Bonchev–Trinajstić information content (AvgIpc) is 2.98. The highest BCUT2D eigenvalue weighted by Crippen LogP contribution is 2.33. The third-order valence-electron chi connectivity index (χ3n) is 2.59. The fourth-order valence-electron chi connectivity index (χ4n) is 1.60. The molecule has 0 spiro atoms. The molecule has 2 rings (SSSR count). The summed E-state index contributed by atoms with van der Waals surface area (Å²) in [5, 5.41) is 3.30. The number of thioether (sulfide) groups is 1. The molecule has 1 aliphatic heterocycles. The molecule has 19 heavy (non-hydrogen) atoms. The monoisotopic (exact) mass is 297 g/mol. The summed E-state index contributed by atoms with van der Waals surface area (Å²) in [6.07, 6.45) is 1.64. The van der Waals surface area contributed by atoms with Crippen LogP contribution in [0, 0.1) is 0 Å². The quantitative estimate of drug-likeness (QED) is 0.633. The largest absolute Gasteiger partial charge is 0.467 e. The van der Waals surface area contributed by atoms with Gasteiger partial charge in [0.1, 0.15) is 6.04 Å². The Bertz CT molecular complexity index is 550. The van der Waals surface area contributed by atoms with Gasteiger partial charge in [-0.1, -0.05) is 0 Å². The van der Waals surface area contributed by atoms with Gasteiger partial charge in [0.25, 0.3) is 11.1 Å². The molecule has 7 heteroatoms. The predicted octanol–water partition coefficient (Wildman–Crippen LogP) is 2.35. The highest BCUT2D eigenvalue weighted by atomic mass is 32.2. The van der Waals surface area contributed by atoms with Gasteiger partial charge < -0.3 is 4.74 Å². The number of methoxy groups -OCH3 is 1. The number of thiophene rings is 1. The Hall–Kier alpha value is -1.60. The molecule has 1 fully saturated rings. The van der Waals surface area contributed by atoms with Gasteiger partial charge in [-0.3, -0.25) is 14.5 Å². The molecular weight excluding hydrogens is 286 g/mol. The summed E-state index contributed by atoms with van der Waals surface area (Å²) in [5.74, 6) is -1.07. The summed E-state index contributed by atoms with van der Waals surface area (Å²) in [5.41, 5.74) is 0.862. The van der Waals surface area contributed by atoms with Gasteiger partial charge >= 0.3 is 5.97 Å². The van der Waals surface area contributed by atoms with Crippen LogP contribution in [0.2, 0.25) is 0 Å². The second-order valence-corrected chi connectivity index (χ2v) is 5.58. The van der Waals surface area contributed by atoms with Crippen LogP contribution in [-0.2, 0) is 14.3 Å². The number of rotatable bonds is 3. The number of esters is 1. The van der Waals surface area contributed by atoms with Crippen molar-refractivity contribution in [3.63, 3.8) is 0 Å². The Kier molecular flexibility index (Phi) is 4.06. The molecule has 5 nitrogen and oxygen atoms in total. The van der Waals surface area contributed by atoms with Gasteiger partial charge in [-0.2, -0.15) is 11.3 Å². The third kappa shape index (κ3) is 2.71. The molecular formula is C12H11NO4S2. The zero-order valence-corrected chi connectivity index (χ0v) is 11.9. The molecule has 0 unspecified atom stereocenters. The van der Waals surface area contributed by atoms with Crippen molar-refractivity contribution in [3.8, 4) is 0 Å². The first kappa shape index (κ1) is 13.8. The first-order valence-electron chi connectivity index (χ1n) is 5.41. The van der Waals surface area contributed by atoms with E-state index in [-0.39, 0.29) is 0 Å². The molecule has 1 aliphatic rings. The van der Waals surface area contributed by atoms with Crippen molar-refractivity contribution < 1.29 is 19.1 Å². The van der Waals surface area contributed by atoms with Gasteiger partial charge in [-0.15, -0.1) is 0 Å². The van der Waals surface area contributed by atoms with Crippen LogP contribution in [-0.4, -0.2) is 35.2 Å². The van der Waals surface area contributed by atoms with Crippen molar-refractivity contribution in [2.24, 2.45) is 0 Å². The molecule has 100 valence electrons. The zero-order valence-electron chi connectivity index (χ0n) is 10.3. The van der Waals surface area contributed by atoms with Crippen molar-refractivity contribution in [2.75, 3.05) is 7.11 Å². The molecule has 0 saturated carbocycles. The van der Waals surface area contributed by atoms with Gasteiger partial charge in [0.2, 0.25) is 0 Å². The average molecular weight is 297 g/mol. The summed E-state index contributed by atoms with van der Waals surface area (Å²) in [6.45, 7) is 1.47. The topological polar surface area (TPSA) is 63.7 Å². The standard InChI is InChI=1S/C12H11NO4S2/c1-7(11(15)17-2)13-10(14)9(19-12(13)16)5-8-3-4-18-6-8/h3-7H,1-2H3/b9-5-/t7-/m1/s1. The van der Waals surface area contributed by atoms with Crippen LogP contribution in [0.15, 0.2) is 21.7 Å². The first-order valence-corrected chi connectivity index (χ1v) is 7.17. The van der Waals surface area contributed by atoms with E-state index in [1.807, 2.05) is 16.8 Å². The number of carbonyl (C=O) groups excluding carboxylic acids is 3. The van der Waals surface area contributed by atoms with Crippen molar-refractivity contribution in [1.29, 1.82) is 0 Å². The minimum atomic E-state index is -0.911. The van der Waals surface area contributed by atoms with E-state index in [0.717, 1.165) is 22.2 Å². The summed E-state index contributed by atoms with van der Waals surface area (Å²) < 4.78 is 4.55. The number of ether oxygens (including phenoxy) is 1. The Labute approximate surface area is 118 Å². The van der Waals surface area contributed by atoms with Crippen molar-refractivity contribution in [1.82, 2.24) is 4.90 Å². The molecule has 0 bridgehead atoms. The first-order chi connectivity index (χ1) is 9.04. The lowest BCUT2D eigenvalue weighted by Crippen LogP contribution is -2.42. The second-order valence-electron chi connectivity index (χ2n) is 3.81. The molecule has 0 radical (unpaired) electrons. The van der Waals surface area contributed by atoms with Crippen LogP contribution < -0.4 is 0 Å². The van der Waals surface area contributed by atoms with Crippen LogP contribution in [0.4, 0.5) is 4.79 Å². The lowest BCUT2D eigenvalue weighted by molar-refractivity contribution is -0.148. The molecule has 1 saturated heterocycles. The van der Waals surface area contributed by atoms with E-state index in [1.165, 1.54) is 25.4 Å². The van der Waals surface area contributed by atoms with Gasteiger partial charge in [-0.05, 0) is 47.2 Å². The Morgan fingerprint density at radius 1 is 1.47 bits per heavy atom. The van der Waals surface area contributed by atoms with Gasteiger partial charge in [0.15, 0.2) is 0 Å². The van der Waals surface area contributed by atoms with E-state index >= 15 is 0 Å². The maximum Gasteiger partial charge on any atom is 0.328 e. The van der Waals surface area contributed by atoms with Crippen molar-refractivity contribution in [3.05, 3.63) is 27.3 Å². The number of hydrogen-bond acceptors (Lipinski definition) is 6. The zero-order chi connectivity index (χ0) is 14.0. The third-order valence-corrected chi connectivity index (χ3v) is 4.18. The number of imide groups is 1. The van der Waals surface area contributed by atoms with E-state index in [2.05, 4.69) is 4.74 Å². The minimum Gasteiger partial charge on any atom is -0.467 e. The fourth-order valence-corrected chi connectivity index (χ4v) is 3.12. The Morgan fingerprint density at radius 3 is 2.79 bits per heavy atom. The van der Waals surface area contributed by atoms with Gasteiger partial charge in [0, 0.05) is 0 Å². The maximum absolute atomic E-state index is 12.1. The SMILES string of the molecule is COC(=O)[C@@H](C)N1C(=O)S/C(=C\c2ccsc2)C1=O. The summed E-state index contributed by atoms with van der Waals surface area (Å²) in [6, 6.07) is 0.938. The minimum absolute atomic E-state index is 0.319. The van der Waals surface area contributed by atoms with Crippen molar-refractivity contribution in [2.45, 2.75) is 13.0 Å². The number of nitrogens with zero attached hydrogens (tertiary/aromatic N) is 1. The van der Waals surface area contributed by atoms with E-state index < -0.39 is 23.2 Å². The summed E-state index contributed by atoms with van der Waals surface area (Å²) in [4.78, 5) is 36.6. The van der Waals surface area contributed by atoms with E-state index in [0.29, 0.717) is 4.91 Å². The van der Waals surface area contributed by atoms with Crippen LogP contribution in [0.25, 0.3) is 6.08 Å². The smallest absolute Gasteiger partial charge is 0.328 e. The predicted molar refractivity (Wildman–Crippen MR) is 73.6 cm³/mol. The van der Waals surface area contributed by atoms with Crippen LogP contribution in [0.5, 0.6) is 0 Å². The normalized spacial score (nSPS) is 19.1. The number of carbonyl (C=O) groups is 3. The van der Waals surface area contributed by atoms with E-state index in [1.54, 1.807) is 6.08 Å². The van der Waals surface area contributed by atoms with E-state index in [4.69, 9.17) is 0 Å². The second kappa shape index (κ2) is 5.58. The van der Waals surface area contributed by atoms with Crippen LogP contribution >= 0.6 is 23.1 Å². The van der Waals surface area contributed by atoms with Crippen LogP contribution in [0.3, 0.4) is 0 Å². The van der Waals surface area contributed by atoms with Gasteiger partial charge in [-0.25, -0.2) is 4.79 Å². The molecule has 1 aromatic rings. The molecule has 0 N–H and O–H groups in total. The molecule has 2 heterocycles. The number of hydrogen-bond donors (Lipinski definition) is 0. The highest BCUT2D eigenvalue weighted by molar-refractivity contribution is 8.18. The lowest BCUT2D eigenvalue weighted by atomic mass is 10.2. The Morgan fingerprint density at radius 2 is 2.21 bits per heavy atom. The van der Waals surface area contributed by atoms with Crippen molar-refractivity contribution >= 4 is 46.3 Å². The molecule has 1 atom stereocenters. The fraction of sp³-hybridized carbons (Fsp3) is 0.250. The summed E-state index contributed by atoms with van der Waals surface area (Å²) in [7, 11) is 1.22. The highest BCUT2D eigenvalue weighted by Gasteiger charge is 2.41. The number of amides is 2. The summed E-state index contributed by atoms with van der Waals surface area (Å²) >= 11 is 2.33. The Balaban J connectivity index is 2.24. The molecule has 1 aromatic heterocycles. The maximum atomic E-state index is 12.1. The molecule has 0 aliphatic carbocycles. The molecule has 0 aromatic carbocycles. The van der Waals surface area contributed by atoms with E-state index in [9.17, 15) is 14.4 Å². The lowest BCUT2D eigenvalue weighted by Gasteiger charge is -2.18. The van der Waals surface area contributed by atoms with Gasteiger partial charge in [0.05, 0.1) is 12.0 Å². The van der Waals surface area contributed by atoms with Crippen LogP contribution in [0.1, 0.15) is 12.5 Å². The molecule has 2 amide bonds.